The number of fused-ring (bicyclic) bond motifs is 2. The molecule has 2 fully saturated rings. The summed E-state index contributed by atoms with van der Waals surface area (Å²) in [4.78, 5) is 18.4. The second-order valence-electron chi connectivity index (χ2n) is 8.90. The molecule has 0 saturated heterocycles. The zero-order valence-corrected chi connectivity index (χ0v) is 17.6. The summed E-state index contributed by atoms with van der Waals surface area (Å²) in [6.07, 6.45) is -3.09. The van der Waals surface area contributed by atoms with Gasteiger partial charge < -0.3 is 9.63 Å². The van der Waals surface area contributed by atoms with E-state index in [1.165, 1.54) is 12.1 Å². The summed E-state index contributed by atoms with van der Waals surface area (Å²) in [5.74, 6) is -0.679. The molecule has 33 heavy (non-hydrogen) atoms. The van der Waals surface area contributed by atoms with Gasteiger partial charge in [-0.3, -0.25) is 4.79 Å². The van der Waals surface area contributed by atoms with Gasteiger partial charge in [-0.2, -0.15) is 22.9 Å². The van der Waals surface area contributed by atoms with E-state index < -0.39 is 28.6 Å². The Morgan fingerprint density at radius 3 is 2.27 bits per heavy atom. The van der Waals surface area contributed by atoms with Crippen molar-refractivity contribution in [2.24, 2.45) is 5.41 Å². The van der Waals surface area contributed by atoms with Gasteiger partial charge >= 0.3 is 12.0 Å². The summed E-state index contributed by atoms with van der Waals surface area (Å²) in [6.45, 7) is 13.8. The molecule has 1 aromatic carbocycles. The van der Waals surface area contributed by atoms with E-state index in [-0.39, 0.29) is 37.9 Å². The van der Waals surface area contributed by atoms with Crippen LogP contribution in [0.4, 0.5) is 13.2 Å². The normalized spacial score (nSPS) is 23.7. The highest BCUT2D eigenvalue weighted by atomic mass is 19.4. The SMILES string of the molecule is [C-]#[N+]C([N+]#[C-])=C(O)c1ccc(CC(=O)Cc2cc(C34CCC(C(F)(F)F)(CC3)C4)no2)cc1. The molecule has 0 spiro atoms. The lowest BCUT2D eigenvalue weighted by molar-refractivity contribution is -0.220. The average molecular weight is 455 g/mol. The summed E-state index contributed by atoms with van der Waals surface area (Å²) in [7, 11) is 0. The highest BCUT2D eigenvalue weighted by molar-refractivity contribution is 5.82. The number of aliphatic hydroxyl groups excluding tert-OH is 1. The molecule has 2 aliphatic carbocycles. The minimum Gasteiger partial charge on any atom is -0.512 e. The summed E-state index contributed by atoms with van der Waals surface area (Å²) in [5, 5.41) is 14.0. The Morgan fingerprint density at radius 1 is 1.09 bits per heavy atom. The first kappa shape index (κ1) is 22.6. The Labute approximate surface area is 188 Å². The number of carbonyl (C=O) groups excluding carboxylic acids is 1. The Balaban J connectivity index is 1.40. The third-order valence-electron chi connectivity index (χ3n) is 6.97. The summed E-state index contributed by atoms with van der Waals surface area (Å²) in [6, 6.07) is 7.90. The van der Waals surface area contributed by atoms with Crippen molar-refractivity contribution in [2.45, 2.75) is 56.5 Å². The minimum atomic E-state index is -4.22. The van der Waals surface area contributed by atoms with Crippen LogP contribution in [0.15, 0.2) is 40.7 Å². The van der Waals surface area contributed by atoms with Crippen molar-refractivity contribution in [1.29, 1.82) is 0 Å². The maximum atomic E-state index is 13.5. The molecule has 1 N–H and O–H groups in total. The third-order valence-corrected chi connectivity index (χ3v) is 6.97. The molecular weight excluding hydrogens is 435 g/mol. The lowest BCUT2D eigenvalue weighted by atomic mass is 9.80. The maximum Gasteiger partial charge on any atom is 0.562 e. The number of Topliss-reactive ketones (excluding diaryl/α,β-unsaturated/α-hetero) is 1. The number of rotatable bonds is 6. The molecule has 0 atom stereocenters. The highest BCUT2D eigenvalue weighted by Crippen LogP contribution is 2.67. The zero-order chi connectivity index (χ0) is 23.9. The van der Waals surface area contributed by atoms with Gasteiger partial charge in [0, 0.05) is 23.5 Å². The van der Waals surface area contributed by atoms with Gasteiger partial charge in [-0.15, -0.1) is 0 Å². The van der Waals surface area contributed by atoms with Crippen LogP contribution in [0.5, 0.6) is 0 Å². The average Bonchev–Trinajstić information content (AvgIpc) is 3.50. The molecule has 2 aromatic rings. The Hall–Kier alpha value is -3.59. The highest BCUT2D eigenvalue weighted by Gasteiger charge is 2.67. The fraction of sp³-hybridized carbons (Fsp3) is 0.417. The zero-order valence-electron chi connectivity index (χ0n) is 17.6. The van der Waals surface area contributed by atoms with E-state index in [1.54, 1.807) is 18.2 Å². The van der Waals surface area contributed by atoms with Crippen LogP contribution in [-0.4, -0.2) is 22.2 Å². The van der Waals surface area contributed by atoms with Crippen LogP contribution in [0, 0.1) is 18.6 Å². The van der Waals surface area contributed by atoms with Crippen molar-refractivity contribution in [1.82, 2.24) is 5.16 Å². The first-order valence-electron chi connectivity index (χ1n) is 10.4. The van der Waals surface area contributed by atoms with Crippen LogP contribution in [0.2, 0.25) is 0 Å². The van der Waals surface area contributed by atoms with Gasteiger partial charge in [-0.1, -0.05) is 29.4 Å². The molecule has 0 amide bonds. The molecule has 6 nitrogen and oxygen atoms in total. The first-order valence-corrected chi connectivity index (χ1v) is 10.4. The first-order chi connectivity index (χ1) is 15.6. The second kappa shape index (κ2) is 8.08. The molecule has 1 heterocycles. The van der Waals surface area contributed by atoms with E-state index >= 15 is 0 Å². The largest absolute Gasteiger partial charge is 0.562 e. The van der Waals surface area contributed by atoms with Crippen molar-refractivity contribution >= 4 is 11.5 Å². The van der Waals surface area contributed by atoms with Crippen molar-refractivity contribution in [3.05, 3.63) is 81.6 Å². The van der Waals surface area contributed by atoms with Gasteiger partial charge in [-0.05, 0) is 37.7 Å². The summed E-state index contributed by atoms with van der Waals surface area (Å²) >= 11 is 0. The number of hydrogen-bond acceptors (Lipinski definition) is 4. The fourth-order valence-corrected chi connectivity index (χ4v) is 5.11. The minimum absolute atomic E-state index is 0.0276. The van der Waals surface area contributed by atoms with Crippen LogP contribution < -0.4 is 0 Å². The lowest BCUT2D eigenvalue weighted by Crippen LogP contribution is -2.33. The standard InChI is InChI=1S/C24H20F3N3O3/c1-28-21(29-2)20(32)16-5-3-15(4-6-16)11-17(31)12-18-13-19(30-33-18)22-7-9-23(14-22,10-8-22)24(25,26)27/h3-6,13,32H,7-12,14H2. The molecule has 2 saturated carbocycles. The lowest BCUT2D eigenvalue weighted by Gasteiger charge is -2.29. The third kappa shape index (κ3) is 4.00. The molecule has 9 heteroatoms. The number of hydrogen-bond donors (Lipinski definition) is 1. The molecule has 1 aromatic heterocycles. The van der Waals surface area contributed by atoms with Gasteiger partial charge in [-0.25, -0.2) is 0 Å². The predicted molar refractivity (Wildman–Crippen MR) is 111 cm³/mol. The van der Waals surface area contributed by atoms with Crippen LogP contribution in [0.1, 0.15) is 54.7 Å². The number of benzene rings is 1. The topological polar surface area (TPSA) is 72.1 Å². The van der Waals surface area contributed by atoms with Crippen LogP contribution in [0.25, 0.3) is 15.4 Å². The monoisotopic (exact) mass is 455 g/mol. The molecule has 0 aliphatic heterocycles. The molecular formula is C24H20F3N3O3. The summed E-state index contributed by atoms with van der Waals surface area (Å²) < 4.78 is 45.9. The number of ketones is 1. The van der Waals surface area contributed by atoms with Gasteiger partial charge in [0.1, 0.15) is 24.7 Å². The molecule has 4 rings (SSSR count). The number of alkyl halides is 3. The maximum absolute atomic E-state index is 13.5. The fourth-order valence-electron chi connectivity index (χ4n) is 5.11. The van der Waals surface area contributed by atoms with E-state index in [0.717, 1.165) is 0 Å². The van der Waals surface area contributed by atoms with E-state index in [1.807, 2.05) is 0 Å². The van der Waals surface area contributed by atoms with Crippen molar-refractivity contribution in [3.63, 3.8) is 0 Å². The second-order valence-corrected chi connectivity index (χ2v) is 8.90. The van der Waals surface area contributed by atoms with Crippen molar-refractivity contribution in [3.8, 4) is 0 Å². The van der Waals surface area contributed by atoms with Crippen LogP contribution in [-0.2, 0) is 23.1 Å². The summed E-state index contributed by atoms with van der Waals surface area (Å²) in [5.41, 5.74) is -0.765. The predicted octanol–water partition coefficient (Wildman–Crippen LogP) is 5.82. The van der Waals surface area contributed by atoms with E-state index in [9.17, 15) is 23.1 Å². The molecule has 170 valence electrons. The molecule has 2 aliphatic rings. The quantitative estimate of drug-likeness (QED) is 0.440. The Bertz CT molecular complexity index is 1170. The van der Waals surface area contributed by atoms with Gasteiger partial charge in [0.15, 0.2) is 0 Å². The van der Waals surface area contributed by atoms with E-state index in [2.05, 4.69) is 14.8 Å². The molecule has 0 radical (unpaired) electrons. The molecule has 2 bridgehead atoms. The van der Waals surface area contributed by atoms with E-state index in [4.69, 9.17) is 17.7 Å². The van der Waals surface area contributed by atoms with Gasteiger partial charge in [0.25, 0.3) is 0 Å². The smallest absolute Gasteiger partial charge is 0.512 e. The number of aromatic nitrogens is 1. The van der Waals surface area contributed by atoms with Crippen LogP contribution >= 0.6 is 0 Å². The Kier molecular flexibility index (Phi) is 5.53. The van der Waals surface area contributed by atoms with Crippen molar-refractivity contribution < 1.29 is 27.6 Å². The number of halogens is 3. The van der Waals surface area contributed by atoms with Crippen molar-refractivity contribution in [2.75, 3.05) is 0 Å². The van der Waals surface area contributed by atoms with E-state index in [0.29, 0.717) is 35.4 Å². The van der Waals surface area contributed by atoms with Crippen LogP contribution in [0.3, 0.4) is 0 Å². The van der Waals surface area contributed by atoms with Gasteiger partial charge in [0.2, 0.25) is 5.76 Å². The number of nitrogens with zero attached hydrogens (tertiary/aromatic N) is 3. The number of carbonyl (C=O) groups is 1. The Morgan fingerprint density at radius 2 is 1.73 bits per heavy atom. The molecule has 0 unspecified atom stereocenters. The van der Waals surface area contributed by atoms with Gasteiger partial charge in [0.05, 0.1) is 17.5 Å². The number of aliphatic hydroxyl groups is 1.